The van der Waals surface area contributed by atoms with Crippen LogP contribution in [0.1, 0.15) is 6.92 Å². The van der Waals surface area contributed by atoms with E-state index >= 15 is 0 Å². The fourth-order valence-electron chi connectivity index (χ4n) is 1.94. The lowest BCUT2D eigenvalue weighted by Crippen LogP contribution is -2.36. The van der Waals surface area contributed by atoms with Gasteiger partial charge < -0.3 is 14.7 Å². The van der Waals surface area contributed by atoms with Gasteiger partial charge >= 0.3 is 5.97 Å². The van der Waals surface area contributed by atoms with Gasteiger partial charge in [-0.05, 0) is 30.3 Å². The molecule has 0 heterocycles. The Bertz CT molecular complexity index is 636. The van der Waals surface area contributed by atoms with E-state index in [2.05, 4.69) is 0 Å². The summed E-state index contributed by atoms with van der Waals surface area (Å²) in [4.78, 5) is 16.4. The summed E-state index contributed by atoms with van der Waals surface area (Å²) in [6.07, 6.45) is -0.853. The minimum atomic E-state index is -0.853. The van der Waals surface area contributed by atoms with Crippen LogP contribution in [-0.4, -0.2) is 30.3 Å². The molecule has 0 saturated carbocycles. The van der Waals surface area contributed by atoms with Crippen LogP contribution < -0.4 is 9.80 Å². The van der Waals surface area contributed by atoms with E-state index < -0.39 is 12.1 Å². The Balaban J connectivity index is 1.94. The first kappa shape index (κ1) is 17.1. The molecule has 0 amide bonds. The summed E-state index contributed by atoms with van der Waals surface area (Å²) in [5.74, 6) is 0.104. The lowest BCUT2D eigenvalue weighted by Gasteiger charge is -2.25. The number of hydroxylamine groups is 1. The molecule has 2 rings (SSSR count). The van der Waals surface area contributed by atoms with Gasteiger partial charge in [0, 0.05) is 11.9 Å². The SMILES string of the molecule is CC(=O)ON(CC(O)COc1cccc(Cl)c1)c1ccccc1. The van der Waals surface area contributed by atoms with Crippen LogP contribution in [0.15, 0.2) is 54.6 Å². The zero-order valence-corrected chi connectivity index (χ0v) is 13.4. The first-order valence-electron chi connectivity index (χ1n) is 7.12. The van der Waals surface area contributed by atoms with Gasteiger partial charge in [0.15, 0.2) is 0 Å². The second-order valence-electron chi connectivity index (χ2n) is 4.90. The molecule has 0 radical (unpaired) electrons. The van der Waals surface area contributed by atoms with Gasteiger partial charge in [-0.3, -0.25) is 4.79 Å². The van der Waals surface area contributed by atoms with E-state index in [1.807, 2.05) is 18.2 Å². The van der Waals surface area contributed by atoms with Crippen LogP contribution in [0.4, 0.5) is 5.69 Å². The summed E-state index contributed by atoms with van der Waals surface area (Å²) in [6.45, 7) is 1.44. The number of halogens is 1. The number of ether oxygens (including phenoxy) is 1. The summed E-state index contributed by atoms with van der Waals surface area (Å²) in [7, 11) is 0. The van der Waals surface area contributed by atoms with Gasteiger partial charge in [-0.15, -0.1) is 0 Å². The molecule has 0 aromatic heterocycles. The van der Waals surface area contributed by atoms with Gasteiger partial charge in [0.1, 0.15) is 18.5 Å². The molecule has 0 spiro atoms. The molecule has 1 N–H and O–H groups in total. The number of hydrogen-bond donors (Lipinski definition) is 1. The summed E-state index contributed by atoms with van der Waals surface area (Å²) < 4.78 is 5.49. The molecule has 1 atom stereocenters. The van der Waals surface area contributed by atoms with Crippen molar-refractivity contribution in [2.75, 3.05) is 18.2 Å². The largest absolute Gasteiger partial charge is 0.491 e. The van der Waals surface area contributed by atoms with Gasteiger partial charge in [0.2, 0.25) is 0 Å². The highest BCUT2D eigenvalue weighted by atomic mass is 35.5. The maximum atomic E-state index is 11.2. The van der Waals surface area contributed by atoms with Gasteiger partial charge in [0.25, 0.3) is 0 Å². The highest BCUT2D eigenvalue weighted by molar-refractivity contribution is 6.30. The molecule has 0 fully saturated rings. The molecule has 1 unspecified atom stereocenters. The van der Waals surface area contributed by atoms with Gasteiger partial charge in [-0.25, -0.2) is 5.06 Å². The van der Waals surface area contributed by atoms with Crippen molar-refractivity contribution in [2.24, 2.45) is 0 Å². The molecule has 0 aliphatic carbocycles. The number of carbonyl (C=O) groups excluding carboxylic acids is 1. The predicted molar refractivity (Wildman–Crippen MR) is 88.5 cm³/mol. The van der Waals surface area contributed by atoms with Crippen LogP contribution in [0, 0.1) is 0 Å². The lowest BCUT2D eigenvalue weighted by atomic mass is 10.3. The van der Waals surface area contributed by atoms with Crippen LogP contribution in [0.25, 0.3) is 0 Å². The van der Waals surface area contributed by atoms with E-state index in [-0.39, 0.29) is 13.2 Å². The highest BCUT2D eigenvalue weighted by Gasteiger charge is 2.16. The highest BCUT2D eigenvalue weighted by Crippen LogP contribution is 2.18. The molecule has 0 aliphatic rings. The number of para-hydroxylation sites is 1. The average molecular weight is 336 g/mol. The molecule has 2 aromatic rings. The second kappa shape index (κ2) is 8.41. The van der Waals surface area contributed by atoms with Crippen LogP contribution in [0.3, 0.4) is 0 Å². The smallest absolute Gasteiger partial charge is 0.329 e. The molecule has 122 valence electrons. The summed E-state index contributed by atoms with van der Waals surface area (Å²) in [5, 5.41) is 12.0. The van der Waals surface area contributed by atoms with Crippen LogP contribution in [0.5, 0.6) is 5.75 Å². The van der Waals surface area contributed by atoms with E-state index in [0.717, 1.165) is 0 Å². The van der Waals surface area contributed by atoms with E-state index in [1.54, 1.807) is 36.4 Å². The summed E-state index contributed by atoms with van der Waals surface area (Å²) in [6, 6.07) is 16.0. The lowest BCUT2D eigenvalue weighted by molar-refractivity contribution is -0.143. The normalized spacial score (nSPS) is 11.6. The number of carbonyl (C=O) groups is 1. The Kier molecular flexibility index (Phi) is 6.26. The van der Waals surface area contributed by atoms with Crippen LogP contribution >= 0.6 is 11.6 Å². The first-order chi connectivity index (χ1) is 11.0. The molecule has 0 aliphatic heterocycles. The molecule has 5 nitrogen and oxygen atoms in total. The zero-order chi connectivity index (χ0) is 16.7. The monoisotopic (exact) mass is 335 g/mol. The Morgan fingerprint density at radius 3 is 2.61 bits per heavy atom. The maximum absolute atomic E-state index is 11.2. The number of anilines is 1. The van der Waals surface area contributed by atoms with Crippen LogP contribution in [-0.2, 0) is 9.63 Å². The van der Waals surface area contributed by atoms with E-state index in [9.17, 15) is 9.90 Å². The summed E-state index contributed by atoms with van der Waals surface area (Å²) in [5.41, 5.74) is 0.671. The Morgan fingerprint density at radius 1 is 1.22 bits per heavy atom. The second-order valence-corrected chi connectivity index (χ2v) is 5.34. The fraction of sp³-hybridized carbons (Fsp3) is 0.235. The quantitative estimate of drug-likeness (QED) is 0.788. The third kappa shape index (κ3) is 5.81. The number of aliphatic hydroxyl groups is 1. The Morgan fingerprint density at radius 2 is 1.96 bits per heavy atom. The topological polar surface area (TPSA) is 59.0 Å². The minimum Gasteiger partial charge on any atom is -0.491 e. The van der Waals surface area contributed by atoms with Crippen molar-refractivity contribution in [3.63, 3.8) is 0 Å². The van der Waals surface area contributed by atoms with E-state index in [4.69, 9.17) is 21.2 Å². The molecular formula is C17H18ClNO4. The maximum Gasteiger partial charge on any atom is 0.329 e. The number of hydrogen-bond acceptors (Lipinski definition) is 5. The van der Waals surface area contributed by atoms with Crippen molar-refractivity contribution in [1.29, 1.82) is 0 Å². The third-order valence-corrected chi connectivity index (χ3v) is 3.13. The fourth-order valence-corrected chi connectivity index (χ4v) is 2.12. The predicted octanol–water partition coefficient (Wildman–Crippen LogP) is 3.06. The van der Waals surface area contributed by atoms with Gasteiger partial charge in [-0.1, -0.05) is 35.9 Å². The molecule has 0 saturated heterocycles. The molecular weight excluding hydrogens is 318 g/mol. The minimum absolute atomic E-state index is 0.0466. The third-order valence-electron chi connectivity index (χ3n) is 2.90. The van der Waals surface area contributed by atoms with Crippen molar-refractivity contribution in [1.82, 2.24) is 0 Å². The Labute approximate surface area is 140 Å². The summed E-state index contributed by atoms with van der Waals surface area (Å²) >= 11 is 5.87. The van der Waals surface area contributed by atoms with Gasteiger partial charge in [-0.2, -0.15) is 0 Å². The number of aliphatic hydroxyl groups excluding tert-OH is 1. The van der Waals surface area contributed by atoms with E-state index in [0.29, 0.717) is 16.5 Å². The first-order valence-corrected chi connectivity index (χ1v) is 7.50. The number of nitrogens with zero attached hydrogens (tertiary/aromatic N) is 1. The van der Waals surface area contributed by atoms with Crippen molar-refractivity contribution >= 4 is 23.3 Å². The number of benzene rings is 2. The standard InChI is InChI=1S/C17H18ClNO4/c1-13(20)23-19(15-7-3-2-4-8-15)11-16(21)12-22-17-9-5-6-14(18)10-17/h2-10,16,21H,11-12H2,1H3. The molecule has 23 heavy (non-hydrogen) atoms. The average Bonchev–Trinajstić information content (AvgIpc) is 2.53. The van der Waals surface area contributed by atoms with E-state index in [1.165, 1.54) is 12.0 Å². The van der Waals surface area contributed by atoms with Crippen molar-refractivity contribution in [3.05, 3.63) is 59.6 Å². The zero-order valence-electron chi connectivity index (χ0n) is 12.7. The van der Waals surface area contributed by atoms with Crippen LogP contribution in [0.2, 0.25) is 5.02 Å². The Hall–Kier alpha value is -2.24. The van der Waals surface area contributed by atoms with Crippen molar-refractivity contribution in [2.45, 2.75) is 13.0 Å². The molecule has 0 bridgehead atoms. The molecule has 6 heteroatoms. The molecule has 2 aromatic carbocycles. The van der Waals surface area contributed by atoms with Gasteiger partial charge in [0.05, 0.1) is 12.2 Å². The van der Waals surface area contributed by atoms with Crippen molar-refractivity contribution in [3.8, 4) is 5.75 Å². The number of rotatable bonds is 7. The van der Waals surface area contributed by atoms with Crippen molar-refractivity contribution < 1.29 is 19.5 Å².